The number of nitrogens with zero attached hydrogens (tertiary/aromatic N) is 2. The highest BCUT2D eigenvalue weighted by atomic mass is 19.1. The van der Waals surface area contributed by atoms with E-state index in [0.29, 0.717) is 6.29 Å². The standard InChI is InChI=1S/C11H8F2N2O2/c1-15-5-8(4-14-15)17-11-9(12)2-7(6-16)3-10(11)13/h2-6H,1H3. The Morgan fingerprint density at radius 1 is 1.35 bits per heavy atom. The fourth-order valence-electron chi connectivity index (χ4n) is 1.31. The van der Waals surface area contributed by atoms with Gasteiger partial charge >= 0.3 is 0 Å². The number of carbonyl (C=O) groups excluding carboxylic acids is 1. The van der Waals surface area contributed by atoms with Gasteiger partial charge in [0.2, 0.25) is 0 Å². The minimum Gasteiger partial charge on any atom is -0.448 e. The van der Waals surface area contributed by atoms with E-state index in [1.165, 1.54) is 17.1 Å². The Hall–Kier alpha value is -2.24. The lowest BCUT2D eigenvalue weighted by Crippen LogP contribution is -1.94. The molecule has 0 unspecified atom stereocenters. The lowest BCUT2D eigenvalue weighted by molar-refractivity contribution is 0.112. The van der Waals surface area contributed by atoms with E-state index in [1.54, 1.807) is 7.05 Å². The molecular weight excluding hydrogens is 230 g/mol. The topological polar surface area (TPSA) is 44.1 Å². The summed E-state index contributed by atoms with van der Waals surface area (Å²) in [5.41, 5.74) is -0.0847. The first-order chi connectivity index (χ1) is 8.10. The molecule has 0 saturated heterocycles. The molecule has 1 aromatic heterocycles. The van der Waals surface area contributed by atoms with E-state index in [-0.39, 0.29) is 11.3 Å². The molecular formula is C11H8F2N2O2. The van der Waals surface area contributed by atoms with Crippen LogP contribution in [-0.4, -0.2) is 16.1 Å². The molecule has 0 aliphatic rings. The van der Waals surface area contributed by atoms with Crippen molar-refractivity contribution in [3.63, 3.8) is 0 Å². The van der Waals surface area contributed by atoms with Gasteiger partial charge in [-0.2, -0.15) is 5.10 Å². The zero-order chi connectivity index (χ0) is 12.4. The Balaban J connectivity index is 2.36. The average molecular weight is 238 g/mol. The number of carbonyl (C=O) groups is 1. The van der Waals surface area contributed by atoms with Gasteiger partial charge in [0.05, 0.1) is 12.4 Å². The molecule has 88 valence electrons. The van der Waals surface area contributed by atoms with Gasteiger partial charge in [0.15, 0.2) is 23.1 Å². The van der Waals surface area contributed by atoms with Gasteiger partial charge in [0, 0.05) is 12.6 Å². The van der Waals surface area contributed by atoms with Crippen molar-refractivity contribution in [1.82, 2.24) is 9.78 Å². The second kappa shape index (κ2) is 4.32. The third-order valence-electron chi connectivity index (χ3n) is 2.06. The van der Waals surface area contributed by atoms with Crippen molar-refractivity contribution in [2.45, 2.75) is 0 Å². The largest absolute Gasteiger partial charge is 0.448 e. The number of ether oxygens (including phenoxy) is 1. The highest BCUT2D eigenvalue weighted by molar-refractivity contribution is 5.75. The van der Waals surface area contributed by atoms with Crippen LogP contribution < -0.4 is 4.74 Å². The van der Waals surface area contributed by atoms with Crippen molar-refractivity contribution in [2.24, 2.45) is 7.05 Å². The summed E-state index contributed by atoms with van der Waals surface area (Å²) in [6, 6.07) is 1.81. The third-order valence-corrected chi connectivity index (χ3v) is 2.06. The van der Waals surface area contributed by atoms with E-state index in [1.807, 2.05) is 0 Å². The molecule has 2 aromatic rings. The summed E-state index contributed by atoms with van der Waals surface area (Å²) >= 11 is 0. The molecule has 0 amide bonds. The Kier molecular flexibility index (Phi) is 2.86. The number of aldehydes is 1. The number of aromatic nitrogens is 2. The zero-order valence-electron chi connectivity index (χ0n) is 8.85. The first-order valence-corrected chi connectivity index (χ1v) is 4.71. The monoisotopic (exact) mass is 238 g/mol. The van der Waals surface area contributed by atoms with Crippen molar-refractivity contribution in [3.8, 4) is 11.5 Å². The fourth-order valence-corrected chi connectivity index (χ4v) is 1.31. The smallest absolute Gasteiger partial charge is 0.198 e. The lowest BCUT2D eigenvalue weighted by atomic mass is 10.2. The Labute approximate surface area is 95.4 Å². The lowest BCUT2D eigenvalue weighted by Gasteiger charge is -2.05. The van der Waals surface area contributed by atoms with Gasteiger partial charge in [-0.1, -0.05) is 0 Å². The third kappa shape index (κ3) is 2.30. The van der Waals surface area contributed by atoms with Gasteiger partial charge in [-0.3, -0.25) is 9.48 Å². The van der Waals surface area contributed by atoms with Crippen molar-refractivity contribution in [2.75, 3.05) is 0 Å². The van der Waals surface area contributed by atoms with Gasteiger partial charge in [-0.15, -0.1) is 0 Å². The van der Waals surface area contributed by atoms with Crippen LogP contribution in [0, 0.1) is 11.6 Å². The van der Waals surface area contributed by atoms with Crippen molar-refractivity contribution in [1.29, 1.82) is 0 Å². The van der Waals surface area contributed by atoms with Gasteiger partial charge < -0.3 is 4.74 Å². The van der Waals surface area contributed by atoms with Crippen LogP contribution >= 0.6 is 0 Å². The van der Waals surface area contributed by atoms with E-state index in [9.17, 15) is 13.6 Å². The summed E-state index contributed by atoms with van der Waals surface area (Å²) in [6.45, 7) is 0. The molecule has 0 aliphatic heterocycles. The number of halogens is 2. The minimum absolute atomic E-state index is 0.0847. The van der Waals surface area contributed by atoms with E-state index in [4.69, 9.17) is 4.74 Å². The highest BCUT2D eigenvalue weighted by Gasteiger charge is 2.14. The van der Waals surface area contributed by atoms with E-state index in [0.717, 1.165) is 12.1 Å². The Bertz CT molecular complexity index is 543. The van der Waals surface area contributed by atoms with E-state index >= 15 is 0 Å². The summed E-state index contributed by atoms with van der Waals surface area (Å²) in [7, 11) is 1.65. The van der Waals surface area contributed by atoms with Crippen LogP contribution in [-0.2, 0) is 7.05 Å². The van der Waals surface area contributed by atoms with Crippen molar-refractivity contribution >= 4 is 6.29 Å². The minimum atomic E-state index is -0.934. The summed E-state index contributed by atoms with van der Waals surface area (Å²) in [6.07, 6.45) is 3.15. The number of hydrogen-bond donors (Lipinski definition) is 0. The van der Waals surface area contributed by atoms with Crippen LogP contribution in [0.5, 0.6) is 11.5 Å². The van der Waals surface area contributed by atoms with Crippen LogP contribution in [0.15, 0.2) is 24.5 Å². The first kappa shape index (κ1) is 11.3. The summed E-state index contributed by atoms with van der Waals surface area (Å²) in [5, 5.41) is 3.80. The second-order valence-electron chi connectivity index (χ2n) is 3.38. The molecule has 0 radical (unpaired) electrons. The fraction of sp³-hybridized carbons (Fsp3) is 0.0909. The molecule has 0 N–H and O–H groups in total. The van der Waals surface area contributed by atoms with E-state index < -0.39 is 17.4 Å². The molecule has 17 heavy (non-hydrogen) atoms. The predicted octanol–water partition coefficient (Wildman–Crippen LogP) is 2.30. The SMILES string of the molecule is Cn1cc(Oc2c(F)cc(C=O)cc2F)cn1. The molecule has 2 rings (SSSR count). The number of rotatable bonds is 3. The van der Waals surface area contributed by atoms with Crippen LogP contribution in [0.1, 0.15) is 10.4 Å². The number of hydrogen-bond acceptors (Lipinski definition) is 3. The van der Waals surface area contributed by atoms with Crippen LogP contribution in [0.3, 0.4) is 0 Å². The summed E-state index contributed by atoms with van der Waals surface area (Å²) in [4.78, 5) is 10.4. The molecule has 0 bridgehead atoms. The molecule has 0 atom stereocenters. The molecule has 0 spiro atoms. The summed E-state index contributed by atoms with van der Waals surface area (Å²) in [5.74, 6) is -2.21. The maximum absolute atomic E-state index is 13.4. The molecule has 1 aromatic carbocycles. The molecule has 6 heteroatoms. The maximum atomic E-state index is 13.4. The van der Waals surface area contributed by atoms with Crippen molar-refractivity contribution < 1.29 is 18.3 Å². The van der Waals surface area contributed by atoms with E-state index in [2.05, 4.69) is 5.10 Å². The Morgan fingerprint density at radius 3 is 2.47 bits per heavy atom. The molecule has 0 saturated carbocycles. The quantitative estimate of drug-likeness (QED) is 0.770. The average Bonchev–Trinajstić information content (AvgIpc) is 2.69. The first-order valence-electron chi connectivity index (χ1n) is 4.71. The zero-order valence-corrected chi connectivity index (χ0v) is 8.85. The van der Waals surface area contributed by atoms with Gasteiger partial charge in [0.1, 0.15) is 6.29 Å². The normalized spacial score (nSPS) is 10.3. The van der Waals surface area contributed by atoms with Gasteiger partial charge in [0.25, 0.3) is 0 Å². The molecule has 0 aliphatic carbocycles. The van der Waals surface area contributed by atoms with Gasteiger partial charge in [-0.05, 0) is 12.1 Å². The van der Waals surface area contributed by atoms with Crippen LogP contribution in [0.4, 0.5) is 8.78 Å². The molecule has 4 nitrogen and oxygen atoms in total. The second-order valence-corrected chi connectivity index (χ2v) is 3.38. The summed E-state index contributed by atoms with van der Waals surface area (Å²) < 4.78 is 33.3. The van der Waals surface area contributed by atoms with Gasteiger partial charge in [-0.25, -0.2) is 8.78 Å². The number of benzene rings is 1. The number of aryl methyl sites for hydroxylation is 1. The van der Waals surface area contributed by atoms with Crippen molar-refractivity contribution in [3.05, 3.63) is 41.7 Å². The Morgan fingerprint density at radius 2 is 2.00 bits per heavy atom. The predicted molar refractivity (Wildman–Crippen MR) is 55.0 cm³/mol. The van der Waals surface area contributed by atoms with Crippen LogP contribution in [0.2, 0.25) is 0 Å². The molecule has 0 fully saturated rings. The van der Waals surface area contributed by atoms with Crippen LogP contribution in [0.25, 0.3) is 0 Å². The highest BCUT2D eigenvalue weighted by Crippen LogP contribution is 2.27. The maximum Gasteiger partial charge on any atom is 0.198 e. The molecule has 1 heterocycles.